The number of allylic oxidation sites excluding steroid dienone is 2. The third-order valence-corrected chi connectivity index (χ3v) is 5.95. The van der Waals surface area contributed by atoms with E-state index < -0.39 is 0 Å². The van der Waals surface area contributed by atoms with Crippen molar-refractivity contribution < 1.29 is 0 Å². The average Bonchev–Trinajstić information content (AvgIpc) is 2.21. The van der Waals surface area contributed by atoms with Crippen molar-refractivity contribution in [3.63, 3.8) is 0 Å². The fourth-order valence-electron chi connectivity index (χ4n) is 2.02. The van der Waals surface area contributed by atoms with Crippen LogP contribution in [0.5, 0.6) is 0 Å². The predicted octanol–water partition coefficient (Wildman–Crippen LogP) is 1.95. The molecule has 3 heteroatoms. The molecule has 0 amide bonds. The molecule has 1 saturated heterocycles. The zero-order chi connectivity index (χ0) is 8.23. The van der Waals surface area contributed by atoms with Gasteiger partial charge in [0, 0.05) is 8.67 Å². The van der Waals surface area contributed by atoms with Gasteiger partial charge in [0.2, 0.25) is 0 Å². The van der Waals surface area contributed by atoms with Crippen LogP contribution in [-0.4, -0.2) is 15.1 Å². The van der Waals surface area contributed by atoms with Gasteiger partial charge in [-0.15, -0.1) is 0 Å². The molecule has 2 aliphatic rings. The molecule has 1 radical (unpaired) electrons. The second kappa shape index (κ2) is 3.99. The molecule has 0 aromatic rings. The summed E-state index contributed by atoms with van der Waals surface area (Å²) in [7, 11) is -0.0979. The Kier molecular flexibility index (Phi) is 2.72. The van der Waals surface area contributed by atoms with E-state index >= 15 is 0 Å². The van der Waals surface area contributed by atoms with E-state index in [0.29, 0.717) is 0 Å². The molecule has 0 bridgehead atoms. The first kappa shape index (κ1) is 8.17. The van der Waals surface area contributed by atoms with E-state index in [4.69, 9.17) is 0 Å². The largest absolute Gasteiger partial charge is 0.433 e. The molecule has 2 heterocycles. The molecule has 12 heavy (non-hydrogen) atoms. The van der Waals surface area contributed by atoms with Crippen LogP contribution in [0.1, 0.15) is 19.3 Å². The van der Waals surface area contributed by atoms with E-state index in [1.54, 1.807) is 0 Å². The highest BCUT2D eigenvalue weighted by Crippen LogP contribution is 2.20. The van der Waals surface area contributed by atoms with Crippen molar-refractivity contribution in [2.75, 3.05) is 0 Å². The third kappa shape index (κ3) is 1.83. The second-order valence-corrected chi connectivity index (χ2v) is 6.55. The van der Waals surface area contributed by atoms with Crippen molar-refractivity contribution in [1.82, 2.24) is 5.23 Å². The van der Waals surface area contributed by atoms with Gasteiger partial charge >= 0.3 is 0 Å². The molecule has 0 aromatic heterocycles. The Hall–Kier alpha value is -0.438. The van der Waals surface area contributed by atoms with E-state index in [9.17, 15) is 0 Å². The molecule has 1 N–H and O–H groups in total. The predicted molar refractivity (Wildman–Crippen MR) is 56.4 cm³/mol. The maximum Gasteiger partial charge on any atom is 0.261 e. The molecular formula is C9H15BNSi. The molecule has 1 fully saturated rings. The minimum absolute atomic E-state index is 0.0979. The van der Waals surface area contributed by atoms with Crippen LogP contribution >= 0.6 is 0 Å². The summed E-state index contributed by atoms with van der Waals surface area (Å²) in [6.45, 7) is 0. The Morgan fingerprint density at radius 2 is 1.92 bits per heavy atom. The summed E-state index contributed by atoms with van der Waals surface area (Å²) in [5.41, 5.74) is 0. The first-order valence-electron chi connectivity index (χ1n) is 4.91. The highest BCUT2D eigenvalue weighted by Gasteiger charge is 2.26. The maximum atomic E-state index is 3.47. The minimum Gasteiger partial charge on any atom is -0.433 e. The second-order valence-electron chi connectivity index (χ2n) is 3.61. The summed E-state index contributed by atoms with van der Waals surface area (Å²) in [6, 6.07) is 3.03. The zero-order valence-electron chi connectivity index (χ0n) is 7.42. The van der Waals surface area contributed by atoms with Gasteiger partial charge in [-0.2, -0.15) is 0 Å². The summed E-state index contributed by atoms with van der Waals surface area (Å²) in [6.07, 6.45) is 11.5. The number of rotatable bonds is 1. The van der Waals surface area contributed by atoms with Gasteiger partial charge in [-0.05, 0) is 12.3 Å². The van der Waals surface area contributed by atoms with Gasteiger partial charge < -0.3 is 5.23 Å². The summed E-state index contributed by atoms with van der Waals surface area (Å²) >= 11 is 0. The smallest absolute Gasteiger partial charge is 0.261 e. The fraction of sp³-hybridized carbons (Fsp3) is 0.556. The monoisotopic (exact) mass is 176 g/mol. The molecular weight excluding hydrogens is 161 g/mol. The SMILES string of the molecule is C1=CNB([Si]2CCCCC2)C=C1. The standard InChI is InChI=1S/C9H15BNSi/c1-4-8-12(9-5-1)10-6-2-3-7-11-10/h2-3,6-7,11H,1,4-5,8-9H2. The molecule has 0 atom stereocenters. The minimum atomic E-state index is -0.0979. The van der Waals surface area contributed by atoms with Crippen molar-refractivity contribution in [1.29, 1.82) is 0 Å². The van der Waals surface area contributed by atoms with Crippen LogP contribution in [-0.2, 0) is 0 Å². The maximum absolute atomic E-state index is 3.47. The van der Waals surface area contributed by atoms with E-state index in [2.05, 4.69) is 29.6 Å². The van der Waals surface area contributed by atoms with Crippen LogP contribution in [0.25, 0.3) is 0 Å². The number of hydrogen-bond acceptors (Lipinski definition) is 1. The van der Waals surface area contributed by atoms with Crippen LogP contribution in [0.2, 0.25) is 12.1 Å². The van der Waals surface area contributed by atoms with Crippen molar-refractivity contribution in [3.8, 4) is 0 Å². The molecule has 0 saturated carbocycles. The Labute approximate surface area is 76.6 Å². The van der Waals surface area contributed by atoms with Gasteiger partial charge in [0.15, 0.2) is 0 Å². The lowest BCUT2D eigenvalue weighted by Crippen LogP contribution is -2.46. The zero-order valence-corrected chi connectivity index (χ0v) is 8.42. The molecule has 0 aromatic carbocycles. The van der Waals surface area contributed by atoms with E-state index in [-0.39, 0.29) is 8.67 Å². The third-order valence-electron chi connectivity index (χ3n) is 2.72. The Morgan fingerprint density at radius 1 is 1.08 bits per heavy atom. The van der Waals surface area contributed by atoms with Crippen LogP contribution in [0, 0.1) is 0 Å². The lowest BCUT2D eigenvalue weighted by atomic mass is 9.89. The van der Waals surface area contributed by atoms with Crippen LogP contribution in [0.15, 0.2) is 24.3 Å². The first-order chi connectivity index (χ1) is 5.97. The molecule has 1 nitrogen and oxygen atoms in total. The van der Waals surface area contributed by atoms with Crippen LogP contribution in [0.3, 0.4) is 0 Å². The van der Waals surface area contributed by atoms with Crippen LogP contribution < -0.4 is 5.23 Å². The van der Waals surface area contributed by atoms with Gasteiger partial charge in [-0.25, -0.2) is 0 Å². The summed E-state index contributed by atoms with van der Waals surface area (Å²) in [4.78, 5) is 0. The van der Waals surface area contributed by atoms with Gasteiger partial charge in [0.25, 0.3) is 6.44 Å². The first-order valence-corrected chi connectivity index (χ1v) is 6.90. The van der Waals surface area contributed by atoms with Crippen LogP contribution in [0.4, 0.5) is 0 Å². The summed E-state index contributed by atoms with van der Waals surface area (Å²) in [5.74, 6) is 2.35. The van der Waals surface area contributed by atoms with Crippen molar-refractivity contribution in [3.05, 3.63) is 24.3 Å². The Bertz CT molecular complexity index is 197. The topological polar surface area (TPSA) is 12.0 Å². The molecule has 0 spiro atoms. The van der Waals surface area contributed by atoms with Gasteiger partial charge in [0.05, 0.1) is 0 Å². The van der Waals surface area contributed by atoms with Gasteiger partial charge in [0.1, 0.15) is 0 Å². The summed E-state index contributed by atoms with van der Waals surface area (Å²) in [5, 5.41) is 3.47. The fourth-order valence-corrected chi connectivity index (χ4v) is 5.01. The quantitative estimate of drug-likeness (QED) is 0.602. The molecule has 63 valence electrons. The van der Waals surface area contributed by atoms with E-state index in [1.165, 1.54) is 31.4 Å². The Morgan fingerprint density at radius 3 is 2.58 bits per heavy atom. The Balaban J connectivity index is 1.90. The van der Waals surface area contributed by atoms with Crippen molar-refractivity contribution in [2.24, 2.45) is 0 Å². The lowest BCUT2D eigenvalue weighted by Gasteiger charge is -2.25. The average molecular weight is 176 g/mol. The van der Waals surface area contributed by atoms with Gasteiger partial charge in [-0.1, -0.05) is 43.4 Å². The highest BCUT2D eigenvalue weighted by atomic mass is 28.3. The van der Waals surface area contributed by atoms with Gasteiger partial charge in [-0.3, -0.25) is 0 Å². The summed E-state index contributed by atoms with van der Waals surface area (Å²) < 4.78 is 0. The molecule has 2 aliphatic heterocycles. The molecule has 0 unspecified atom stereocenters. The molecule has 0 aliphatic carbocycles. The van der Waals surface area contributed by atoms with Crippen molar-refractivity contribution >= 4 is 15.1 Å². The van der Waals surface area contributed by atoms with E-state index in [1.807, 2.05) is 0 Å². The number of hydrogen-bond donors (Lipinski definition) is 1. The normalized spacial score (nSPS) is 24.2. The number of nitrogens with one attached hydrogen (secondary N) is 1. The lowest BCUT2D eigenvalue weighted by molar-refractivity contribution is 0.729. The highest BCUT2D eigenvalue weighted by molar-refractivity contribution is 7.23. The molecule has 2 rings (SSSR count). The van der Waals surface area contributed by atoms with Crippen molar-refractivity contribution in [2.45, 2.75) is 31.4 Å². The van der Waals surface area contributed by atoms with E-state index in [0.717, 1.165) is 6.44 Å².